The van der Waals surface area contributed by atoms with Crippen molar-refractivity contribution in [3.05, 3.63) is 83.4 Å². The number of anilines is 1. The van der Waals surface area contributed by atoms with Crippen LogP contribution in [-0.4, -0.2) is 41.1 Å². The van der Waals surface area contributed by atoms with Crippen molar-refractivity contribution < 1.29 is 22.7 Å². The van der Waals surface area contributed by atoms with E-state index < -0.39 is 15.9 Å². The van der Waals surface area contributed by atoms with E-state index in [0.29, 0.717) is 22.2 Å². The summed E-state index contributed by atoms with van der Waals surface area (Å²) in [7, 11) is -2.45. The molecule has 9 heteroatoms. The number of sulfonamides is 1. The van der Waals surface area contributed by atoms with Crippen LogP contribution in [-0.2, 0) is 14.8 Å². The van der Waals surface area contributed by atoms with Crippen molar-refractivity contribution in [2.45, 2.75) is 11.8 Å². The molecule has 0 saturated carbocycles. The summed E-state index contributed by atoms with van der Waals surface area (Å²) in [6.07, 6.45) is 0. The lowest BCUT2D eigenvalue weighted by Gasteiger charge is -2.24. The number of carbonyl (C=O) groups is 1. The number of hydrogen-bond donors (Lipinski definition) is 1. The molecule has 3 rings (SSSR count). The van der Waals surface area contributed by atoms with E-state index >= 15 is 0 Å². The van der Waals surface area contributed by atoms with Crippen molar-refractivity contribution in [2.24, 2.45) is 0 Å². The second-order valence-electron chi connectivity index (χ2n) is 7.18. The van der Waals surface area contributed by atoms with E-state index in [0.717, 1.165) is 9.87 Å². The SMILES string of the molecule is COc1ccc(N(CC(=O)NCCOc2ccc(Cl)cc2)S(=O)(=O)c2ccc(C)cc2)cc1. The van der Waals surface area contributed by atoms with E-state index in [1.54, 1.807) is 60.7 Å². The third-order valence-electron chi connectivity index (χ3n) is 4.76. The summed E-state index contributed by atoms with van der Waals surface area (Å²) >= 11 is 5.85. The summed E-state index contributed by atoms with van der Waals surface area (Å²) in [6.45, 7) is 1.92. The van der Waals surface area contributed by atoms with Crippen LogP contribution in [0.2, 0.25) is 5.02 Å². The van der Waals surface area contributed by atoms with Crippen LogP contribution >= 0.6 is 11.6 Å². The molecule has 0 bridgehead atoms. The third-order valence-corrected chi connectivity index (χ3v) is 6.80. The Kier molecular flexibility index (Phi) is 8.19. The largest absolute Gasteiger partial charge is 0.497 e. The average molecular weight is 489 g/mol. The number of ether oxygens (including phenoxy) is 2. The van der Waals surface area contributed by atoms with Crippen LogP contribution in [0.25, 0.3) is 0 Å². The number of benzene rings is 3. The minimum absolute atomic E-state index is 0.0998. The van der Waals surface area contributed by atoms with Gasteiger partial charge in [0.25, 0.3) is 10.0 Å². The molecule has 0 radical (unpaired) electrons. The predicted molar refractivity (Wildman–Crippen MR) is 129 cm³/mol. The Labute approximate surface area is 198 Å². The molecule has 0 heterocycles. The molecule has 0 aliphatic carbocycles. The summed E-state index contributed by atoms with van der Waals surface area (Å²) < 4.78 is 38.5. The van der Waals surface area contributed by atoms with Gasteiger partial charge in [-0.3, -0.25) is 9.10 Å². The van der Waals surface area contributed by atoms with Crippen LogP contribution in [0.15, 0.2) is 77.7 Å². The number of aryl methyl sites for hydroxylation is 1. The Hall–Kier alpha value is -3.23. The third kappa shape index (κ3) is 6.63. The van der Waals surface area contributed by atoms with E-state index in [1.165, 1.54) is 19.2 Å². The van der Waals surface area contributed by atoms with Crippen molar-refractivity contribution >= 4 is 33.2 Å². The van der Waals surface area contributed by atoms with Crippen molar-refractivity contribution in [1.82, 2.24) is 5.32 Å². The smallest absolute Gasteiger partial charge is 0.264 e. The van der Waals surface area contributed by atoms with Crippen molar-refractivity contribution in [1.29, 1.82) is 0 Å². The van der Waals surface area contributed by atoms with Crippen molar-refractivity contribution in [3.63, 3.8) is 0 Å². The molecule has 0 atom stereocenters. The lowest BCUT2D eigenvalue weighted by Crippen LogP contribution is -2.41. The van der Waals surface area contributed by atoms with Crippen LogP contribution in [0, 0.1) is 6.92 Å². The Bertz CT molecular complexity index is 1160. The Balaban J connectivity index is 1.71. The van der Waals surface area contributed by atoms with Crippen LogP contribution < -0.4 is 19.1 Å². The molecule has 7 nitrogen and oxygen atoms in total. The summed E-state index contributed by atoms with van der Waals surface area (Å²) in [4.78, 5) is 12.7. The Morgan fingerprint density at radius 2 is 1.55 bits per heavy atom. The standard InChI is InChI=1S/C24H25ClN2O5S/c1-18-3-13-23(14-4-18)33(29,30)27(20-7-11-21(31-2)12-8-20)17-24(28)26-15-16-32-22-9-5-19(25)6-10-22/h3-14H,15-17H2,1-2H3,(H,26,28). The summed E-state index contributed by atoms with van der Waals surface area (Å²) in [5.41, 5.74) is 1.28. The van der Waals surface area contributed by atoms with Gasteiger partial charge in [-0.15, -0.1) is 0 Å². The Morgan fingerprint density at radius 3 is 2.15 bits per heavy atom. The molecule has 1 amide bonds. The molecule has 0 aromatic heterocycles. The fourth-order valence-corrected chi connectivity index (χ4v) is 4.52. The Morgan fingerprint density at radius 1 is 0.939 bits per heavy atom. The highest BCUT2D eigenvalue weighted by Gasteiger charge is 2.27. The topological polar surface area (TPSA) is 84.9 Å². The van der Waals surface area contributed by atoms with Crippen LogP contribution in [0.5, 0.6) is 11.5 Å². The maximum Gasteiger partial charge on any atom is 0.264 e. The van der Waals surface area contributed by atoms with E-state index in [2.05, 4.69) is 5.32 Å². The van der Waals surface area contributed by atoms with Gasteiger partial charge in [-0.05, 0) is 67.6 Å². The minimum atomic E-state index is -3.98. The van der Waals surface area contributed by atoms with E-state index in [-0.39, 0.29) is 24.6 Å². The van der Waals surface area contributed by atoms with Gasteiger partial charge in [-0.2, -0.15) is 0 Å². The fourth-order valence-electron chi connectivity index (χ4n) is 2.98. The zero-order valence-corrected chi connectivity index (χ0v) is 19.9. The molecule has 0 aliphatic rings. The number of nitrogens with zero attached hydrogens (tertiary/aromatic N) is 1. The van der Waals surface area contributed by atoms with E-state index in [4.69, 9.17) is 21.1 Å². The number of methoxy groups -OCH3 is 1. The predicted octanol–water partition coefficient (Wildman–Crippen LogP) is 4.05. The first-order chi connectivity index (χ1) is 15.8. The number of rotatable bonds is 10. The lowest BCUT2D eigenvalue weighted by molar-refractivity contribution is -0.119. The van der Waals surface area contributed by atoms with Gasteiger partial charge in [0.2, 0.25) is 5.91 Å². The monoisotopic (exact) mass is 488 g/mol. The normalized spacial score (nSPS) is 11.0. The summed E-state index contributed by atoms with van der Waals surface area (Å²) in [5.74, 6) is 0.743. The number of carbonyl (C=O) groups excluding carboxylic acids is 1. The molecule has 1 N–H and O–H groups in total. The summed E-state index contributed by atoms with van der Waals surface area (Å²) in [5, 5.41) is 3.30. The first kappa shape index (κ1) is 24.4. The zero-order valence-electron chi connectivity index (χ0n) is 18.3. The molecule has 174 valence electrons. The second-order valence-corrected chi connectivity index (χ2v) is 9.47. The van der Waals surface area contributed by atoms with Gasteiger partial charge >= 0.3 is 0 Å². The van der Waals surface area contributed by atoms with Crippen LogP contribution in [0.1, 0.15) is 5.56 Å². The van der Waals surface area contributed by atoms with Gasteiger partial charge < -0.3 is 14.8 Å². The van der Waals surface area contributed by atoms with Crippen molar-refractivity contribution in [2.75, 3.05) is 31.1 Å². The van der Waals surface area contributed by atoms with Gasteiger partial charge in [0.1, 0.15) is 24.7 Å². The van der Waals surface area contributed by atoms with Crippen molar-refractivity contribution in [3.8, 4) is 11.5 Å². The quantitative estimate of drug-likeness (QED) is 0.435. The molecular formula is C24H25ClN2O5S. The van der Waals surface area contributed by atoms with Gasteiger partial charge in [0.05, 0.1) is 24.2 Å². The maximum absolute atomic E-state index is 13.4. The van der Waals surface area contributed by atoms with Gasteiger partial charge in [-0.1, -0.05) is 29.3 Å². The van der Waals surface area contributed by atoms with Crippen LogP contribution in [0.4, 0.5) is 5.69 Å². The maximum atomic E-state index is 13.4. The van der Waals surface area contributed by atoms with Crippen LogP contribution in [0.3, 0.4) is 0 Å². The molecule has 0 aliphatic heterocycles. The number of amides is 1. The van der Waals surface area contributed by atoms with E-state index in [1.807, 2.05) is 6.92 Å². The highest BCUT2D eigenvalue weighted by Crippen LogP contribution is 2.26. The second kappa shape index (κ2) is 11.1. The highest BCUT2D eigenvalue weighted by atomic mass is 35.5. The molecule has 33 heavy (non-hydrogen) atoms. The summed E-state index contributed by atoms with van der Waals surface area (Å²) in [6, 6.07) is 19.8. The molecule has 0 spiro atoms. The number of halogens is 1. The highest BCUT2D eigenvalue weighted by molar-refractivity contribution is 7.92. The van der Waals surface area contributed by atoms with E-state index in [9.17, 15) is 13.2 Å². The lowest BCUT2D eigenvalue weighted by atomic mass is 10.2. The zero-order chi connectivity index (χ0) is 23.8. The molecule has 0 unspecified atom stereocenters. The first-order valence-electron chi connectivity index (χ1n) is 10.2. The molecule has 3 aromatic carbocycles. The van der Waals surface area contributed by atoms with Gasteiger partial charge in [0, 0.05) is 5.02 Å². The first-order valence-corrected chi connectivity index (χ1v) is 12.0. The minimum Gasteiger partial charge on any atom is -0.497 e. The fraction of sp³-hybridized carbons (Fsp3) is 0.208. The average Bonchev–Trinajstić information content (AvgIpc) is 2.82. The van der Waals surface area contributed by atoms with Gasteiger partial charge in [-0.25, -0.2) is 8.42 Å². The molecule has 3 aromatic rings. The van der Waals surface area contributed by atoms with Gasteiger partial charge in [0.15, 0.2) is 0 Å². The molecule has 0 fully saturated rings. The molecular weight excluding hydrogens is 464 g/mol. The molecule has 0 saturated heterocycles. The number of hydrogen-bond acceptors (Lipinski definition) is 5. The number of nitrogens with one attached hydrogen (secondary N) is 1.